The summed E-state index contributed by atoms with van der Waals surface area (Å²) in [5, 5.41) is 9.55. The van der Waals surface area contributed by atoms with Gasteiger partial charge in [-0.1, -0.05) is 13.8 Å². The molecule has 0 aromatic carbocycles. The fraction of sp³-hybridized carbons (Fsp3) is 0.875. The Hall–Kier alpha value is -0.0375. The van der Waals surface area contributed by atoms with Crippen LogP contribution in [0.5, 0.6) is 0 Å². The van der Waals surface area contributed by atoms with Gasteiger partial charge in [-0.15, -0.1) is 0 Å². The molecule has 0 saturated heterocycles. The minimum absolute atomic E-state index is 0. The SMILES string of the molecule is CCOC(=O)C(O)(CC)CC.[Al]. The molecule has 0 saturated carbocycles. The zero-order valence-corrected chi connectivity index (χ0v) is 9.12. The van der Waals surface area contributed by atoms with Crippen LogP contribution < -0.4 is 0 Å². The Balaban J connectivity index is 0. The van der Waals surface area contributed by atoms with Gasteiger partial charge in [-0.05, 0) is 19.8 Å². The van der Waals surface area contributed by atoms with Crippen LogP contribution >= 0.6 is 0 Å². The van der Waals surface area contributed by atoms with Crippen molar-refractivity contribution in [3.63, 3.8) is 0 Å². The number of hydrogen-bond donors (Lipinski definition) is 1. The smallest absolute Gasteiger partial charge is 0.338 e. The van der Waals surface area contributed by atoms with Gasteiger partial charge in [0.1, 0.15) is 0 Å². The average Bonchev–Trinajstić information content (AvgIpc) is 2.03. The molecule has 0 aromatic heterocycles. The van der Waals surface area contributed by atoms with Gasteiger partial charge in [0, 0.05) is 17.4 Å². The van der Waals surface area contributed by atoms with Crippen molar-refractivity contribution in [2.24, 2.45) is 0 Å². The van der Waals surface area contributed by atoms with E-state index in [1.807, 2.05) is 0 Å². The molecule has 69 valence electrons. The summed E-state index contributed by atoms with van der Waals surface area (Å²) in [5.41, 5.74) is -1.27. The fourth-order valence-corrected chi connectivity index (χ4v) is 0.804. The minimum Gasteiger partial charge on any atom is -0.464 e. The maximum Gasteiger partial charge on any atom is 0.338 e. The number of carbonyl (C=O) groups is 1. The Labute approximate surface area is 84.2 Å². The van der Waals surface area contributed by atoms with E-state index in [1.54, 1.807) is 20.8 Å². The Morgan fingerprint density at radius 2 is 1.75 bits per heavy atom. The second-order valence-electron chi connectivity index (χ2n) is 2.46. The molecule has 3 nitrogen and oxygen atoms in total. The van der Waals surface area contributed by atoms with Gasteiger partial charge >= 0.3 is 5.97 Å². The van der Waals surface area contributed by atoms with E-state index in [0.29, 0.717) is 19.4 Å². The topological polar surface area (TPSA) is 46.5 Å². The van der Waals surface area contributed by atoms with Crippen molar-refractivity contribution in [1.29, 1.82) is 0 Å². The lowest BCUT2D eigenvalue weighted by Gasteiger charge is -2.21. The first-order valence-corrected chi connectivity index (χ1v) is 4.00. The molecule has 3 radical (unpaired) electrons. The summed E-state index contributed by atoms with van der Waals surface area (Å²) in [6.45, 7) is 5.58. The van der Waals surface area contributed by atoms with Gasteiger partial charge in [-0.25, -0.2) is 4.79 Å². The third kappa shape index (κ3) is 3.57. The Kier molecular flexibility index (Phi) is 7.82. The van der Waals surface area contributed by atoms with Crippen molar-refractivity contribution < 1.29 is 14.6 Å². The average molecular weight is 187 g/mol. The summed E-state index contributed by atoms with van der Waals surface area (Å²) in [6.07, 6.45) is 0.810. The zero-order chi connectivity index (χ0) is 8.91. The molecule has 0 fully saturated rings. The first-order chi connectivity index (χ1) is 5.10. The van der Waals surface area contributed by atoms with E-state index < -0.39 is 11.6 Å². The lowest BCUT2D eigenvalue weighted by molar-refractivity contribution is -0.165. The van der Waals surface area contributed by atoms with E-state index in [-0.39, 0.29) is 17.4 Å². The second-order valence-corrected chi connectivity index (χ2v) is 2.46. The van der Waals surface area contributed by atoms with Crippen molar-refractivity contribution in [2.75, 3.05) is 6.61 Å². The van der Waals surface area contributed by atoms with E-state index in [1.165, 1.54) is 0 Å². The largest absolute Gasteiger partial charge is 0.464 e. The van der Waals surface area contributed by atoms with Crippen LogP contribution in [0.1, 0.15) is 33.6 Å². The number of aliphatic hydroxyl groups is 1. The molecule has 0 heterocycles. The molecule has 4 heteroatoms. The molecule has 0 spiro atoms. The quantitative estimate of drug-likeness (QED) is 0.521. The van der Waals surface area contributed by atoms with E-state index in [2.05, 4.69) is 0 Å². The highest BCUT2D eigenvalue weighted by Crippen LogP contribution is 2.16. The molecule has 0 unspecified atom stereocenters. The molecule has 0 atom stereocenters. The summed E-state index contributed by atoms with van der Waals surface area (Å²) >= 11 is 0. The lowest BCUT2D eigenvalue weighted by atomic mass is 9.98. The minimum atomic E-state index is -1.27. The third-order valence-electron chi connectivity index (χ3n) is 1.83. The number of rotatable bonds is 4. The Morgan fingerprint density at radius 1 is 1.33 bits per heavy atom. The first kappa shape index (κ1) is 14.5. The highest BCUT2D eigenvalue weighted by Gasteiger charge is 2.33. The molecule has 0 aliphatic heterocycles. The molecular formula is C8H16AlO3. The van der Waals surface area contributed by atoms with Crippen LogP contribution in [0.3, 0.4) is 0 Å². The summed E-state index contributed by atoms with van der Waals surface area (Å²) in [5.74, 6) is -0.509. The van der Waals surface area contributed by atoms with Crippen molar-refractivity contribution in [3.05, 3.63) is 0 Å². The molecule has 0 amide bonds. The Bertz CT molecular complexity index is 132. The van der Waals surface area contributed by atoms with Crippen molar-refractivity contribution in [2.45, 2.75) is 39.2 Å². The predicted molar refractivity (Wildman–Crippen MR) is 47.9 cm³/mol. The second kappa shape index (κ2) is 6.48. The summed E-state index contributed by atoms with van der Waals surface area (Å²) in [6, 6.07) is 0. The number of carbonyl (C=O) groups excluding carboxylic acids is 1. The normalized spacial score (nSPS) is 10.3. The molecule has 1 N–H and O–H groups in total. The highest BCUT2D eigenvalue weighted by molar-refractivity contribution is 5.79. The van der Waals surface area contributed by atoms with Crippen LogP contribution in [-0.2, 0) is 9.53 Å². The molecule has 0 rings (SSSR count). The molecule has 0 aliphatic rings. The van der Waals surface area contributed by atoms with Crippen LogP contribution in [0.15, 0.2) is 0 Å². The summed E-state index contributed by atoms with van der Waals surface area (Å²) in [7, 11) is 0. The lowest BCUT2D eigenvalue weighted by Crippen LogP contribution is -2.38. The van der Waals surface area contributed by atoms with E-state index in [4.69, 9.17) is 4.74 Å². The van der Waals surface area contributed by atoms with Gasteiger partial charge in [0.2, 0.25) is 0 Å². The van der Waals surface area contributed by atoms with Crippen LogP contribution in [-0.4, -0.2) is 40.6 Å². The molecule has 0 aromatic rings. The maximum atomic E-state index is 11.1. The van der Waals surface area contributed by atoms with Crippen molar-refractivity contribution >= 4 is 23.3 Å². The van der Waals surface area contributed by atoms with Crippen LogP contribution in [0.4, 0.5) is 0 Å². The molecule has 0 aliphatic carbocycles. The van der Waals surface area contributed by atoms with Gasteiger partial charge in [-0.3, -0.25) is 0 Å². The molecule has 12 heavy (non-hydrogen) atoms. The summed E-state index contributed by atoms with van der Waals surface area (Å²) < 4.78 is 4.70. The van der Waals surface area contributed by atoms with E-state index >= 15 is 0 Å². The highest BCUT2D eigenvalue weighted by atomic mass is 27.0. The monoisotopic (exact) mass is 187 g/mol. The van der Waals surface area contributed by atoms with E-state index in [9.17, 15) is 9.90 Å². The van der Waals surface area contributed by atoms with Crippen molar-refractivity contribution in [3.8, 4) is 0 Å². The first-order valence-electron chi connectivity index (χ1n) is 4.00. The Morgan fingerprint density at radius 3 is 2.00 bits per heavy atom. The standard InChI is InChI=1S/C8H16O3.Al/c1-4-8(10,5-2)7(9)11-6-3;/h10H,4-6H2,1-3H3;. The maximum absolute atomic E-state index is 11.1. The predicted octanol–water partition coefficient (Wildman–Crippen LogP) is 0.720. The van der Waals surface area contributed by atoms with Crippen LogP contribution in [0.25, 0.3) is 0 Å². The fourth-order valence-electron chi connectivity index (χ4n) is 0.804. The zero-order valence-electron chi connectivity index (χ0n) is 7.96. The number of esters is 1. The van der Waals surface area contributed by atoms with E-state index in [0.717, 1.165) is 0 Å². The number of ether oxygens (including phenoxy) is 1. The van der Waals surface area contributed by atoms with Gasteiger partial charge in [0.05, 0.1) is 6.61 Å². The summed E-state index contributed by atoms with van der Waals surface area (Å²) in [4.78, 5) is 11.1. The van der Waals surface area contributed by atoms with Gasteiger partial charge in [0.15, 0.2) is 5.60 Å². The molecule has 0 bridgehead atoms. The van der Waals surface area contributed by atoms with Crippen LogP contribution in [0, 0.1) is 0 Å². The molecular weight excluding hydrogens is 171 g/mol. The van der Waals surface area contributed by atoms with Gasteiger partial charge in [0.25, 0.3) is 0 Å². The van der Waals surface area contributed by atoms with Gasteiger partial charge in [-0.2, -0.15) is 0 Å². The third-order valence-corrected chi connectivity index (χ3v) is 1.83. The number of hydrogen-bond acceptors (Lipinski definition) is 3. The van der Waals surface area contributed by atoms with Crippen LogP contribution in [0.2, 0.25) is 0 Å². The van der Waals surface area contributed by atoms with Crippen molar-refractivity contribution in [1.82, 2.24) is 0 Å². The van der Waals surface area contributed by atoms with Gasteiger partial charge < -0.3 is 9.84 Å².